The van der Waals surface area contributed by atoms with Gasteiger partial charge in [0.1, 0.15) is 0 Å². The summed E-state index contributed by atoms with van der Waals surface area (Å²) in [5.74, 6) is 0. The van der Waals surface area contributed by atoms with Crippen molar-refractivity contribution in [1.29, 1.82) is 0 Å². The smallest absolute Gasteiger partial charge is 0.0434 e. The summed E-state index contributed by atoms with van der Waals surface area (Å²) < 4.78 is 2.73. The van der Waals surface area contributed by atoms with Crippen LogP contribution in [0.25, 0.3) is 109 Å². The molecule has 0 unspecified atom stereocenters. The third kappa shape index (κ3) is 4.47. The first-order chi connectivity index (χ1) is 27.5. The molecular formula is C55H38S. The van der Waals surface area contributed by atoms with Gasteiger partial charge in [-0.2, -0.15) is 0 Å². The molecule has 2 aliphatic rings. The zero-order valence-electron chi connectivity index (χ0n) is 31.5. The second kappa shape index (κ2) is 11.9. The van der Waals surface area contributed by atoms with Gasteiger partial charge in [-0.1, -0.05) is 159 Å². The molecule has 9 aromatic carbocycles. The van der Waals surface area contributed by atoms with E-state index in [1.54, 1.807) is 0 Å². The van der Waals surface area contributed by atoms with Crippen molar-refractivity contribution >= 4 is 76.0 Å². The van der Waals surface area contributed by atoms with Crippen LogP contribution < -0.4 is 10.4 Å². The van der Waals surface area contributed by atoms with Crippen LogP contribution in [0.2, 0.25) is 0 Å². The molecule has 0 nitrogen and oxygen atoms in total. The van der Waals surface area contributed by atoms with E-state index in [2.05, 4.69) is 184 Å². The van der Waals surface area contributed by atoms with E-state index < -0.39 is 0 Å². The van der Waals surface area contributed by atoms with Gasteiger partial charge in [-0.05, 0) is 130 Å². The second-order valence-electron chi connectivity index (χ2n) is 16.2. The lowest BCUT2D eigenvalue weighted by molar-refractivity contribution is 0.662. The van der Waals surface area contributed by atoms with Crippen LogP contribution in [0.5, 0.6) is 0 Å². The molecule has 0 aliphatic heterocycles. The van der Waals surface area contributed by atoms with E-state index in [-0.39, 0.29) is 5.41 Å². The molecule has 2 aliphatic carbocycles. The second-order valence-corrected chi connectivity index (χ2v) is 17.3. The minimum absolute atomic E-state index is 0.177. The Kier molecular flexibility index (Phi) is 6.78. The minimum Gasteiger partial charge on any atom is -0.135 e. The van der Waals surface area contributed by atoms with Crippen LogP contribution in [-0.4, -0.2) is 0 Å². The zero-order chi connectivity index (χ0) is 37.1. The quantitative estimate of drug-likeness (QED) is 0.170. The topological polar surface area (TPSA) is 0 Å². The Balaban J connectivity index is 1.19. The minimum atomic E-state index is -0.177. The van der Waals surface area contributed by atoms with E-state index in [4.69, 9.17) is 0 Å². The van der Waals surface area contributed by atoms with Crippen molar-refractivity contribution in [3.63, 3.8) is 0 Å². The van der Waals surface area contributed by atoms with E-state index in [0.29, 0.717) is 0 Å². The van der Waals surface area contributed by atoms with Gasteiger partial charge in [0, 0.05) is 31.0 Å². The van der Waals surface area contributed by atoms with E-state index in [0.717, 1.165) is 12.8 Å². The van der Waals surface area contributed by atoms with Crippen molar-refractivity contribution in [3.05, 3.63) is 179 Å². The van der Waals surface area contributed by atoms with Crippen molar-refractivity contribution in [2.24, 2.45) is 0 Å². The highest BCUT2D eigenvalue weighted by Gasteiger charge is 2.39. The monoisotopic (exact) mass is 730 g/mol. The number of thiophene rings is 1. The van der Waals surface area contributed by atoms with Gasteiger partial charge in [-0.15, -0.1) is 11.3 Å². The van der Waals surface area contributed by atoms with Gasteiger partial charge in [-0.25, -0.2) is 0 Å². The predicted molar refractivity (Wildman–Crippen MR) is 243 cm³/mol. The zero-order valence-corrected chi connectivity index (χ0v) is 32.3. The van der Waals surface area contributed by atoms with E-state index in [1.165, 1.54) is 119 Å². The van der Waals surface area contributed by atoms with Crippen molar-refractivity contribution < 1.29 is 0 Å². The lowest BCUT2D eigenvalue weighted by Crippen LogP contribution is -2.32. The molecule has 56 heavy (non-hydrogen) atoms. The van der Waals surface area contributed by atoms with Gasteiger partial charge in [-0.3, -0.25) is 0 Å². The fraction of sp³-hybridized carbons (Fsp3) is 0.0909. The maximum atomic E-state index is 2.59. The van der Waals surface area contributed by atoms with Crippen molar-refractivity contribution in [3.8, 4) is 44.5 Å². The summed E-state index contributed by atoms with van der Waals surface area (Å²) in [6, 6.07) is 59.4. The Bertz CT molecular complexity index is 3450. The third-order valence-corrected chi connectivity index (χ3v) is 14.0. The van der Waals surface area contributed by atoms with Gasteiger partial charge in [0.25, 0.3) is 0 Å². The van der Waals surface area contributed by atoms with Crippen LogP contribution >= 0.6 is 11.3 Å². The predicted octanol–water partition coefficient (Wildman–Crippen LogP) is 14.2. The number of hydrogen-bond acceptors (Lipinski definition) is 1. The van der Waals surface area contributed by atoms with Crippen molar-refractivity contribution in [2.45, 2.75) is 32.1 Å². The molecule has 10 aromatic rings. The van der Waals surface area contributed by atoms with Crippen LogP contribution in [0.3, 0.4) is 0 Å². The number of fused-ring (bicyclic) bond motifs is 12. The van der Waals surface area contributed by atoms with Crippen molar-refractivity contribution in [1.82, 2.24) is 0 Å². The summed E-state index contributed by atoms with van der Waals surface area (Å²) in [4.78, 5) is 0. The first-order valence-corrected chi connectivity index (χ1v) is 20.7. The average molecular weight is 731 g/mol. The summed E-state index contributed by atoms with van der Waals surface area (Å²) >= 11 is 1.94. The summed E-state index contributed by atoms with van der Waals surface area (Å²) in [5, 5.41) is 13.3. The number of rotatable bonds is 3. The molecular weight excluding hydrogens is 693 g/mol. The van der Waals surface area contributed by atoms with Crippen LogP contribution in [0.4, 0.5) is 0 Å². The molecule has 0 saturated heterocycles. The first kappa shape index (κ1) is 32.0. The highest BCUT2D eigenvalue weighted by molar-refractivity contribution is 7.26. The van der Waals surface area contributed by atoms with Crippen molar-refractivity contribution in [2.75, 3.05) is 0 Å². The number of benzene rings is 9. The van der Waals surface area contributed by atoms with Gasteiger partial charge >= 0.3 is 0 Å². The Morgan fingerprint density at radius 2 is 1.07 bits per heavy atom. The standard InChI is InChI=1S/C55H38S/c1-55(2)48-24-11-9-23-45(48)52-43-28-29-44-38-18-10-12-25-49(38)56-54(44)46(43)32-47(53(52)55)51-41-21-7-5-19-39(41)50(40-20-6-8-22-42(40)51)37-17-13-16-35(31-37)36-27-26-33-14-3-4-15-34(33)30-36/h3-5,7,9-32H,6,8H2,1-2H3. The average Bonchev–Trinajstić information content (AvgIpc) is 3.75. The Morgan fingerprint density at radius 3 is 1.93 bits per heavy atom. The first-order valence-electron chi connectivity index (χ1n) is 19.9. The van der Waals surface area contributed by atoms with Gasteiger partial charge < -0.3 is 0 Å². The number of hydrogen-bond donors (Lipinski definition) is 0. The lowest BCUT2D eigenvalue weighted by atomic mass is 9.76. The molecule has 1 aromatic heterocycles. The van der Waals surface area contributed by atoms with E-state index in [9.17, 15) is 0 Å². The molecule has 1 heterocycles. The molecule has 12 rings (SSSR count). The van der Waals surface area contributed by atoms with Gasteiger partial charge in [0.05, 0.1) is 0 Å². The molecule has 0 saturated carbocycles. The molecule has 0 fully saturated rings. The summed E-state index contributed by atoms with van der Waals surface area (Å²) in [5.41, 5.74) is 13.3. The van der Waals surface area contributed by atoms with Crippen LogP contribution in [0.1, 0.15) is 37.8 Å². The lowest BCUT2D eigenvalue weighted by Gasteiger charge is -2.27. The molecule has 0 amide bonds. The third-order valence-electron chi connectivity index (χ3n) is 12.8. The largest absolute Gasteiger partial charge is 0.135 e. The fourth-order valence-electron chi connectivity index (χ4n) is 10.3. The maximum absolute atomic E-state index is 2.59. The molecule has 0 N–H and O–H groups in total. The van der Waals surface area contributed by atoms with Crippen LogP contribution in [0, 0.1) is 0 Å². The molecule has 0 spiro atoms. The maximum Gasteiger partial charge on any atom is 0.0434 e. The molecule has 0 atom stereocenters. The summed E-state index contributed by atoms with van der Waals surface area (Å²) in [6.07, 6.45) is 7.14. The highest BCUT2D eigenvalue weighted by Crippen LogP contribution is 2.56. The Labute approximate surface area is 330 Å². The summed E-state index contributed by atoms with van der Waals surface area (Å²) in [7, 11) is 0. The molecule has 264 valence electrons. The molecule has 1 heteroatoms. The van der Waals surface area contributed by atoms with Crippen LogP contribution in [0.15, 0.2) is 158 Å². The SMILES string of the molecule is CC1(C)c2ccccc2-c2c1c(-c1c3c(c(-c4cccc(-c5ccc6ccccc6c5)c4)c4ccccc14)=CCCC=3)cc1c2ccc2c3ccccc3sc12. The molecule has 0 bridgehead atoms. The van der Waals surface area contributed by atoms with Gasteiger partial charge in [0.2, 0.25) is 0 Å². The van der Waals surface area contributed by atoms with Gasteiger partial charge in [0.15, 0.2) is 0 Å². The van der Waals surface area contributed by atoms with Crippen LogP contribution in [-0.2, 0) is 5.41 Å². The molecule has 0 radical (unpaired) electrons. The fourth-order valence-corrected chi connectivity index (χ4v) is 11.6. The Morgan fingerprint density at radius 1 is 0.429 bits per heavy atom. The normalized spacial score (nSPS) is 14.2. The highest BCUT2D eigenvalue weighted by atomic mass is 32.1. The van der Waals surface area contributed by atoms with E-state index >= 15 is 0 Å². The van der Waals surface area contributed by atoms with E-state index in [1.807, 2.05) is 11.3 Å². The summed E-state index contributed by atoms with van der Waals surface area (Å²) in [6.45, 7) is 4.89. The Hall–Kier alpha value is -6.28.